The van der Waals surface area contributed by atoms with Crippen LogP contribution in [0.1, 0.15) is 21.8 Å². The Bertz CT molecular complexity index is 659. The molecule has 1 aromatic carbocycles. The van der Waals surface area contributed by atoms with Gasteiger partial charge >= 0.3 is 12.0 Å². The number of nitrogens with one attached hydrogen (secondary N) is 1. The second-order valence-corrected chi connectivity index (χ2v) is 3.87. The summed E-state index contributed by atoms with van der Waals surface area (Å²) in [5, 5.41) is 18.2. The summed E-state index contributed by atoms with van der Waals surface area (Å²) in [5.41, 5.74) is 1.07. The second-order valence-electron chi connectivity index (χ2n) is 3.87. The Hall–Kier alpha value is -2.96. The number of carbonyl (C=O) groups is 2. The summed E-state index contributed by atoms with van der Waals surface area (Å²) in [6.07, 6.45) is 2.46. The van der Waals surface area contributed by atoms with Crippen molar-refractivity contribution in [1.82, 2.24) is 10.2 Å². The molecule has 7 heteroatoms. The Morgan fingerprint density at radius 1 is 1.25 bits per heavy atom. The number of carboxylic acids is 1. The molecule has 1 heterocycles. The summed E-state index contributed by atoms with van der Waals surface area (Å²) in [4.78, 5) is 22.2. The van der Waals surface area contributed by atoms with E-state index in [4.69, 9.17) is 9.52 Å². The molecule has 0 spiro atoms. The number of aromatic nitrogens is 2. The first-order chi connectivity index (χ1) is 9.54. The molecule has 0 aliphatic rings. The highest BCUT2D eigenvalue weighted by atomic mass is 16.4. The monoisotopic (exact) mass is 273 g/mol. The molecule has 2 N–H and O–H groups in total. The lowest BCUT2D eigenvalue weighted by Crippen LogP contribution is -2.11. The van der Waals surface area contributed by atoms with E-state index in [-0.39, 0.29) is 11.9 Å². The van der Waals surface area contributed by atoms with E-state index in [1.807, 2.05) is 0 Å². The highest BCUT2D eigenvalue weighted by molar-refractivity contribution is 6.03. The van der Waals surface area contributed by atoms with Crippen LogP contribution in [0.5, 0.6) is 0 Å². The predicted octanol–water partition coefficient (Wildman–Crippen LogP) is 1.73. The van der Waals surface area contributed by atoms with Crippen LogP contribution in [0.4, 0.5) is 6.01 Å². The third-order valence-corrected chi connectivity index (χ3v) is 2.34. The number of carbonyl (C=O) groups excluding carboxylic acids is 1. The van der Waals surface area contributed by atoms with Crippen LogP contribution in [0.3, 0.4) is 0 Å². The average Bonchev–Trinajstić information content (AvgIpc) is 2.82. The number of nitrogens with zero attached hydrogens (tertiary/aromatic N) is 2. The van der Waals surface area contributed by atoms with E-state index < -0.39 is 5.97 Å². The first-order valence-corrected chi connectivity index (χ1v) is 5.67. The highest BCUT2D eigenvalue weighted by Crippen LogP contribution is 2.10. The lowest BCUT2D eigenvalue weighted by molar-refractivity contribution is -0.131. The molecule has 0 fully saturated rings. The third kappa shape index (κ3) is 3.52. The fourth-order valence-corrected chi connectivity index (χ4v) is 1.43. The van der Waals surface area contributed by atoms with Gasteiger partial charge < -0.3 is 9.52 Å². The minimum atomic E-state index is -1.03. The highest BCUT2D eigenvalue weighted by Gasteiger charge is 2.09. The zero-order valence-corrected chi connectivity index (χ0v) is 10.5. The molecule has 7 nitrogen and oxygen atoms in total. The third-order valence-electron chi connectivity index (χ3n) is 2.34. The summed E-state index contributed by atoms with van der Waals surface area (Å²) in [5.74, 6) is -1.06. The predicted molar refractivity (Wildman–Crippen MR) is 70.1 cm³/mol. The van der Waals surface area contributed by atoms with E-state index in [1.54, 1.807) is 31.2 Å². The maximum atomic E-state index is 11.8. The lowest BCUT2D eigenvalue weighted by Gasteiger charge is -2.01. The Morgan fingerprint density at radius 3 is 2.50 bits per heavy atom. The first-order valence-electron chi connectivity index (χ1n) is 5.67. The molecule has 20 heavy (non-hydrogen) atoms. The van der Waals surface area contributed by atoms with Crippen LogP contribution in [0, 0.1) is 6.92 Å². The normalized spacial score (nSPS) is 10.7. The topological polar surface area (TPSA) is 105 Å². The van der Waals surface area contributed by atoms with Gasteiger partial charge in [-0.2, -0.15) is 0 Å². The number of hydrogen-bond acceptors (Lipinski definition) is 5. The van der Waals surface area contributed by atoms with Crippen LogP contribution in [0.15, 0.2) is 34.8 Å². The quantitative estimate of drug-likeness (QED) is 0.822. The van der Waals surface area contributed by atoms with E-state index in [0.717, 1.165) is 6.08 Å². The number of aliphatic carboxylic acids is 1. The van der Waals surface area contributed by atoms with Gasteiger partial charge in [-0.05, 0) is 23.8 Å². The fourth-order valence-electron chi connectivity index (χ4n) is 1.43. The van der Waals surface area contributed by atoms with Crippen LogP contribution in [0.25, 0.3) is 6.08 Å². The number of aryl methyl sites for hydroxylation is 1. The van der Waals surface area contributed by atoms with Gasteiger partial charge in [-0.15, -0.1) is 5.10 Å². The zero-order valence-electron chi connectivity index (χ0n) is 10.5. The van der Waals surface area contributed by atoms with Crippen molar-refractivity contribution in [2.75, 3.05) is 5.32 Å². The molecule has 1 aromatic heterocycles. The Morgan fingerprint density at radius 2 is 1.95 bits per heavy atom. The van der Waals surface area contributed by atoms with E-state index in [1.165, 1.54) is 6.08 Å². The lowest BCUT2D eigenvalue weighted by atomic mass is 10.1. The average molecular weight is 273 g/mol. The van der Waals surface area contributed by atoms with Gasteiger partial charge in [0.15, 0.2) is 0 Å². The van der Waals surface area contributed by atoms with Crippen molar-refractivity contribution in [3.8, 4) is 0 Å². The Labute approximate surface area is 113 Å². The van der Waals surface area contributed by atoms with Crippen molar-refractivity contribution in [3.05, 3.63) is 47.4 Å². The van der Waals surface area contributed by atoms with Crippen LogP contribution >= 0.6 is 0 Å². The molecule has 0 aliphatic carbocycles. The molecule has 0 saturated heterocycles. The number of rotatable bonds is 4. The maximum Gasteiger partial charge on any atom is 0.328 e. The van der Waals surface area contributed by atoms with Crippen molar-refractivity contribution < 1.29 is 19.1 Å². The molecule has 0 radical (unpaired) electrons. The summed E-state index contributed by atoms with van der Waals surface area (Å²) in [6, 6.07) is 6.43. The van der Waals surface area contributed by atoms with Crippen molar-refractivity contribution in [3.63, 3.8) is 0 Å². The van der Waals surface area contributed by atoms with Crippen molar-refractivity contribution >= 4 is 24.0 Å². The van der Waals surface area contributed by atoms with E-state index in [9.17, 15) is 9.59 Å². The molecule has 0 bridgehead atoms. The van der Waals surface area contributed by atoms with Crippen LogP contribution < -0.4 is 5.32 Å². The van der Waals surface area contributed by atoms with Gasteiger partial charge in [0.05, 0.1) is 0 Å². The second kappa shape index (κ2) is 5.79. The molecule has 2 aromatic rings. The van der Waals surface area contributed by atoms with Crippen molar-refractivity contribution in [1.29, 1.82) is 0 Å². The molecule has 0 unspecified atom stereocenters. The van der Waals surface area contributed by atoms with Gasteiger partial charge in [0.1, 0.15) is 0 Å². The van der Waals surface area contributed by atoms with Gasteiger partial charge in [-0.1, -0.05) is 17.2 Å². The summed E-state index contributed by atoms with van der Waals surface area (Å²) in [7, 11) is 0. The van der Waals surface area contributed by atoms with Gasteiger partial charge in [-0.3, -0.25) is 10.1 Å². The fraction of sp³-hybridized carbons (Fsp3) is 0.0769. The van der Waals surface area contributed by atoms with Gasteiger partial charge in [-0.25, -0.2) is 4.79 Å². The molecule has 102 valence electrons. The number of hydrogen-bond donors (Lipinski definition) is 2. The van der Waals surface area contributed by atoms with Crippen molar-refractivity contribution in [2.24, 2.45) is 0 Å². The van der Waals surface area contributed by atoms with Gasteiger partial charge in [0.2, 0.25) is 5.89 Å². The molecule has 0 saturated carbocycles. The van der Waals surface area contributed by atoms with Gasteiger partial charge in [0.25, 0.3) is 5.91 Å². The molecular formula is C13H11N3O4. The largest absolute Gasteiger partial charge is 0.478 e. The zero-order chi connectivity index (χ0) is 14.5. The van der Waals surface area contributed by atoms with E-state index >= 15 is 0 Å². The summed E-state index contributed by atoms with van der Waals surface area (Å²) >= 11 is 0. The van der Waals surface area contributed by atoms with Crippen molar-refractivity contribution in [2.45, 2.75) is 6.92 Å². The molecule has 0 aliphatic heterocycles. The number of carboxylic acid groups (broad SMARTS) is 1. The van der Waals surface area contributed by atoms with Crippen LogP contribution in [0.2, 0.25) is 0 Å². The SMILES string of the molecule is Cc1nnc(NC(=O)c2ccc(/C=C/C(=O)O)cc2)o1. The van der Waals surface area contributed by atoms with E-state index in [0.29, 0.717) is 17.0 Å². The smallest absolute Gasteiger partial charge is 0.328 e. The number of benzene rings is 1. The molecule has 1 amide bonds. The van der Waals surface area contributed by atoms with Crippen LogP contribution in [-0.4, -0.2) is 27.2 Å². The number of anilines is 1. The minimum Gasteiger partial charge on any atom is -0.478 e. The molecule has 2 rings (SSSR count). The Kier molecular flexibility index (Phi) is 3.90. The Balaban J connectivity index is 2.05. The standard InChI is InChI=1S/C13H11N3O4/c1-8-15-16-13(20-8)14-12(19)10-5-2-9(3-6-10)4-7-11(17)18/h2-7H,1H3,(H,17,18)(H,14,16,19)/b7-4+. The summed E-state index contributed by atoms with van der Waals surface area (Å²) < 4.78 is 5.03. The van der Waals surface area contributed by atoms with Crippen LogP contribution in [-0.2, 0) is 4.79 Å². The maximum absolute atomic E-state index is 11.8. The number of amides is 1. The van der Waals surface area contributed by atoms with E-state index in [2.05, 4.69) is 15.5 Å². The minimum absolute atomic E-state index is 0.0300. The molecule has 0 atom stereocenters. The molecular weight excluding hydrogens is 262 g/mol. The van der Waals surface area contributed by atoms with Gasteiger partial charge in [0, 0.05) is 18.6 Å². The first kappa shape index (κ1) is 13.5. The summed E-state index contributed by atoms with van der Waals surface area (Å²) in [6.45, 7) is 1.62.